The van der Waals surface area contributed by atoms with Crippen molar-refractivity contribution in [3.8, 4) is 0 Å². The molecule has 146 valence electrons. The molecular formula is C23H21N2O3S+. The van der Waals surface area contributed by atoms with Crippen LogP contribution in [0.4, 0.5) is 0 Å². The summed E-state index contributed by atoms with van der Waals surface area (Å²) in [4.78, 5) is 26.3. The van der Waals surface area contributed by atoms with E-state index in [1.54, 1.807) is 23.0 Å². The molecule has 6 heteroatoms. The summed E-state index contributed by atoms with van der Waals surface area (Å²) in [6, 6.07) is 11.6. The second-order valence-corrected chi connectivity index (χ2v) is 8.06. The number of carbonyl (C=O) groups is 2. The van der Waals surface area contributed by atoms with E-state index in [2.05, 4.69) is 5.32 Å². The molecule has 2 aromatic rings. The van der Waals surface area contributed by atoms with Crippen LogP contribution in [0.5, 0.6) is 0 Å². The molecule has 1 atom stereocenters. The predicted molar refractivity (Wildman–Crippen MR) is 115 cm³/mol. The van der Waals surface area contributed by atoms with Gasteiger partial charge in [-0.3, -0.25) is 4.79 Å². The third-order valence-electron chi connectivity index (χ3n) is 4.69. The van der Waals surface area contributed by atoms with Crippen molar-refractivity contribution in [3.63, 3.8) is 0 Å². The molecule has 1 aromatic carbocycles. The van der Waals surface area contributed by atoms with Gasteiger partial charge in [0.25, 0.3) is 5.91 Å². The van der Waals surface area contributed by atoms with E-state index in [4.69, 9.17) is 4.42 Å². The van der Waals surface area contributed by atoms with Crippen molar-refractivity contribution in [2.75, 3.05) is 6.54 Å². The lowest BCUT2D eigenvalue weighted by Crippen LogP contribution is -2.43. The first-order valence-corrected chi connectivity index (χ1v) is 10.3. The number of hydrogen-bond acceptors (Lipinski definition) is 4. The Bertz CT molecular complexity index is 1040. The maximum Gasteiger partial charge on any atom is 0.426 e. The molecule has 2 amide bonds. The first-order valence-electron chi connectivity index (χ1n) is 9.38. The molecule has 2 aliphatic rings. The Morgan fingerprint density at radius 1 is 1.24 bits per heavy atom. The van der Waals surface area contributed by atoms with Gasteiger partial charge in [-0.15, -0.1) is 4.58 Å². The average Bonchev–Trinajstić information content (AvgIpc) is 3.25. The zero-order valence-corrected chi connectivity index (χ0v) is 16.8. The number of rotatable bonds is 5. The summed E-state index contributed by atoms with van der Waals surface area (Å²) in [5.41, 5.74) is 2.96. The number of aryl methyl sites for hydroxylation is 1. The predicted octanol–water partition coefficient (Wildman–Crippen LogP) is 3.47. The maximum atomic E-state index is 13.2. The van der Waals surface area contributed by atoms with Gasteiger partial charge in [0.05, 0.1) is 12.8 Å². The topological polar surface area (TPSA) is 62.3 Å². The van der Waals surface area contributed by atoms with E-state index in [0.29, 0.717) is 17.2 Å². The summed E-state index contributed by atoms with van der Waals surface area (Å²) in [5.74, 6) is 0.283. The molecule has 5 nitrogen and oxygen atoms in total. The van der Waals surface area contributed by atoms with Gasteiger partial charge in [-0.1, -0.05) is 59.8 Å². The van der Waals surface area contributed by atoms with E-state index in [1.807, 2.05) is 61.6 Å². The number of furan rings is 1. The van der Waals surface area contributed by atoms with Crippen molar-refractivity contribution in [2.24, 2.45) is 0 Å². The Hall–Kier alpha value is -3.12. The molecule has 1 aromatic heterocycles. The number of amides is 2. The molecule has 0 radical (unpaired) electrons. The van der Waals surface area contributed by atoms with Crippen LogP contribution >= 0.6 is 11.8 Å². The van der Waals surface area contributed by atoms with Crippen molar-refractivity contribution in [1.82, 2.24) is 5.32 Å². The fourth-order valence-electron chi connectivity index (χ4n) is 3.16. The third-order valence-corrected chi connectivity index (χ3v) is 5.89. The number of allylic oxidation sites excluding steroid dienone is 3. The van der Waals surface area contributed by atoms with Gasteiger partial charge in [0.15, 0.2) is 0 Å². The van der Waals surface area contributed by atoms with E-state index in [1.165, 1.54) is 17.3 Å². The lowest BCUT2D eigenvalue weighted by Gasteiger charge is -2.20. The summed E-state index contributed by atoms with van der Waals surface area (Å²) >= 11 is 1.51. The van der Waals surface area contributed by atoms with Crippen LogP contribution in [0.2, 0.25) is 0 Å². The van der Waals surface area contributed by atoms with Gasteiger partial charge in [0.1, 0.15) is 15.9 Å². The van der Waals surface area contributed by atoms with Crippen LogP contribution in [0.1, 0.15) is 16.9 Å². The van der Waals surface area contributed by atoms with E-state index in [0.717, 1.165) is 11.3 Å². The standard InChI is InChI=1S/C23H20N2O3S/c1-16-8-10-17(11-9-16)13-21-23(27)25(19-6-2-3-7-20(19)29-21)15-22(26)24-14-18-5-4-12-28-18/h2-13,20H,14-15H2,1H3/p+1/b21-13+. The Balaban J connectivity index is 1.57. The zero-order chi connectivity index (χ0) is 20.2. The van der Waals surface area contributed by atoms with Crippen molar-refractivity contribution < 1.29 is 18.6 Å². The normalized spacial score (nSPS) is 19.6. The SMILES string of the molecule is Cc1ccc(/C=C2/SC3C=CC=CC3=[N+](CC(=O)NCc3ccco3)C2=O)cc1. The Kier molecular flexibility index (Phi) is 5.62. The third kappa shape index (κ3) is 4.49. The van der Waals surface area contributed by atoms with Gasteiger partial charge in [0, 0.05) is 6.08 Å². The lowest BCUT2D eigenvalue weighted by atomic mass is 10.1. The minimum absolute atomic E-state index is 0.00673. The average molecular weight is 405 g/mol. The number of thioether (sulfide) groups is 1. The van der Waals surface area contributed by atoms with Crippen molar-refractivity contribution in [1.29, 1.82) is 0 Å². The van der Waals surface area contributed by atoms with E-state index in [-0.39, 0.29) is 23.6 Å². The molecular weight excluding hydrogens is 384 g/mol. The van der Waals surface area contributed by atoms with Gasteiger partial charge in [-0.2, -0.15) is 0 Å². The maximum absolute atomic E-state index is 13.2. The highest BCUT2D eigenvalue weighted by molar-refractivity contribution is 8.05. The van der Waals surface area contributed by atoms with Crippen molar-refractivity contribution >= 4 is 35.4 Å². The quantitative estimate of drug-likeness (QED) is 0.611. The molecule has 1 aliphatic carbocycles. The molecule has 1 N–H and O–H groups in total. The summed E-state index contributed by atoms with van der Waals surface area (Å²) in [7, 11) is 0. The Labute approximate surface area is 173 Å². The monoisotopic (exact) mass is 405 g/mol. The molecule has 29 heavy (non-hydrogen) atoms. The van der Waals surface area contributed by atoms with Crippen molar-refractivity contribution in [2.45, 2.75) is 18.7 Å². The van der Waals surface area contributed by atoms with Gasteiger partial charge in [-0.05, 0) is 30.7 Å². The summed E-state index contributed by atoms with van der Waals surface area (Å²) < 4.78 is 6.81. The largest absolute Gasteiger partial charge is 0.467 e. The van der Waals surface area contributed by atoms with E-state index >= 15 is 0 Å². The second-order valence-electron chi connectivity index (χ2n) is 6.87. The minimum Gasteiger partial charge on any atom is -0.467 e. The molecule has 0 spiro atoms. The number of hydrogen-bond donors (Lipinski definition) is 1. The van der Waals surface area contributed by atoms with Crippen LogP contribution < -0.4 is 5.32 Å². The minimum atomic E-state index is -0.231. The molecule has 0 saturated carbocycles. The smallest absolute Gasteiger partial charge is 0.426 e. The van der Waals surface area contributed by atoms with Crippen LogP contribution in [0.3, 0.4) is 0 Å². The van der Waals surface area contributed by atoms with Crippen LogP contribution in [-0.2, 0) is 16.1 Å². The first kappa shape index (κ1) is 19.2. The molecule has 0 fully saturated rings. The number of fused-ring (bicyclic) bond motifs is 1. The van der Waals surface area contributed by atoms with Crippen LogP contribution in [0.15, 0.2) is 76.3 Å². The highest BCUT2D eigenvalue weighted by Gasteiger charge is 2.39. The first-order chi connectivity index (χ1) is 14.1. The van der Waals surface area contributed by atoms with E-state index in [9.17, 15) is 9.59 Å². The number of carbonyl (C=O) groups excluding carboxylic acids is 2. The van der Waals surface area contributed by atoms with Gasteiger partial charge in [-0.25, -0.2) is 4.79 Å². The molecule has 1 aliphatic heterocycles. The molecule has 0 bridgehead atoms. The second kappa shape index (κ2) is 8.49. The van der Waals surface area contributed by atoms with Crippen LogP contribution in [0, 0.1) is 6.92 Å². The van der Waals surface area contributed by atoms with E-state index < -0.39 is 0 Å². The highest BCUT2D eigenvalue weighted by Crippen LogP contribution is 2.32. The molecule has 1 unspecified atom stereocenters. The van der Waals surface area contributed by atoms with Crippen LogP contribution in [0.25, 0.3) is 6.08 Å². The lowest BCUT2D eigenvalue weighted by molar-refractivity contribution is -0.434. The number of nitrogens with one attached hydrogen (secondary N) is 1. The fourth-order valence-corrected chi connectivity index (χ4v) is 4.35. The van der Waals surface area contributed by atoms with Crippen LogP contribution in [-0.4, -0.2) is 33.9 Å². The van der Waals surface area contributed by atoms with Crippen molar-refractivity contribution in [3.05, 3.63) is 88.8 Å². The summed E-state index contributed by atoms with van der Waals surface area (Å²) in [6.45, 7) is 2.29. The number of benzene rings is 1. The Morgan fingerprint density at radius 3 is 2.83 bits per heavy atom. The highest BCUT2D eigenvalue weighted by atomic mass is 32.2. The zero-order valence-electron chi connectivity index (χ0n) is 16.0. The fraction of sp³-hybridized carbons (Fsp3) is 0.174. The molecule has 2 heterocycles. The van der Waals surface area contributed by atoms with Gasteiger partial charge < -0.3 is 9.73 Å². The van der Waals surface area contributed by atoms with Gasteiger partial charge in [0.2, 0.25) is 12.3 Å². The summed E-state index contributed by atoms with van der Waals surface area (Å²) in [6.07, 6.45) is 11.3. The Morgan fingerprint density at radius 2 is 2.07 bits per heavy atom. The molecule has 4 rings (SSSR count). The summed E-state index contributed by atoms with van der Waals surface area (Å²) in [5, 5.41) is 2.82. The number of nitrogens with zero attached hydrogens (tertiary/aromatic N) is 1. The molecule has 0 saturated heterocycles. The van der Waals surface area contributed by atoms with Gasteiger partial charge >= 0.3 is 5.91 Å².